The third-order valence-corrected chi connectivity index (χ3v) is 2.50. The van der Waals surface area contributed by atoms with Crippen LogP contribution in [0.15, 0.2) is 47.6 Å². The number of halogens is 1. The second kappa shape index (κ2) is 5.83. The number of nitrogens with one attached hydrogen (secondary N) is 1. The first-order valence-corrected chi connectivity index (χ1v) is 5.68. The molecule has 1 amide bonds. The standard InChI is InChI=1S/C14H11FN2O3/c15-11-4-2-1-3-10(11)14(20)17-16-8-9-5-6-12(18)13(19)7-9/h1-8,18-19H,(H,17,20)/b16-8+. The molecule has 0 spiro atoms. The Morgan fingerprint density at radius 3 is 2.60 bits per heavy atom. The van der Waals surface area contributed by atoms with Crippen LogP contribution in [0.3, 0.4) is 0 Å². The van der Waals surface area contributed by atoms with E-state index < -0.39 is 11.7 Å². The Balaban J connectivity index is 2.05. The molecule has 0 radical (unpaired) electrons. The number of phenolic OH excluding ortho intramolecular Hbond substituents is 2. The highest BCUT2D eigenvalue weighted by Gasteiger charge is 2.09. The third-order valence-electron chi connectivity index (χ3n) is 2.50. The summed E-state index contributed by atoms with van der Waals surface area (Å²) in [5.74, 6) is -1.86. The molecule has 3 N–H and O–H groups in total. The summed E-state index contributed by atoms with van der Waals surface area (Å²) in [6, 6.07) is 9.59. The summed E-state index contributed by atoms with van der Waals surface area (Å²) >= 11 is 0. The van der Waals surface area contributed by atoms with E-state index in [9.17, 15) is 14.3 Å². The second-order valence-electron chi connectivity index (χ2n) is 3.93. The Labute approximate surface area is 114 Å². The molecule has 0 aliphatic carbocycles. The van der Waals surface area contributed by atoms with Gasteiger partial charge in [0.05, 0.1) is 11.8 Å². The molecule has 0 bridgehead atoms. The fourth-order valence-electron chi connectivity index (χ4n) is 1.49. The van der Waals surface area contributed by atoms with Crippen LogP contribution in [0.1, 0.15) is 15.9 Å². The molecule has 0 aliphatic heterocycles. The highest BCUT2D eigenvalue weighted by atomic mass is 19.1. The molecular weight excluding hydrogens is 263 g/mol. The molecule has 0 saturated heterocycles. The van der Waals surface area contributed by atoms with E-state index in [0.717, 1.165) is 0 Å². The van der Waals surface area contributed by atoms with Crippen LogP contribution in [0.2, 0.25) is 0 Å². The smallest absolute Gasteiger partial charge is 0.274 e. The number of nitrogens with zero attached hydrogens (tertiary/aromatic N) is 1. The maximum Gasteiger partial charge on any atom is 0.274 e. The van der Waals surface area contributed by atoms with Crippen molar-refractivity contribution in [3.05, 3.63) is 59.4 Å². The lowest BCUT2D eigenvalue weighted by molar-refractivity contribution is 0.0951. The molecule has 0 unspecified atom stereocenters. The van der Waals surface area contributed by atoms with Crippen LogP contribution in [0.25, 0.3) is 0 Å². The van der Waals surface area contributed by atoms with Gasteiger partial charge >= 0.3 is 0 Å². The Hall–Kier alpha value is -2.89. The molecule has 2 aromatic carbocycles. The molecule has 20 heavy (non-hydrogen) atoms. The molecule has 102 valence electrons. The number of aromatic hydroxyl groups is 2. The monoisotopic (exact) mass is 274 g/mol. The Bertz CT molecular complexity index is 671. The summed E-state index contributed by atoms with van der Waals surface area (Å²) in [7, 11) is 0. The minimum Gasteiger partial charge on any atom is -0.504 e. The van der Waals surface area contributed by atoms with Crippen LogP contribution in [-0.4, -0.2) is 22.3 Å². The summed E-state index contributed by atoms with van der Waals surface area (Å²) in [6.45, 7) is 0. The number of phenols is 2. The first kappa shape index (κ1) is 13.5. The molecule has 0 saturated carbocycles. The molecule has 0 aliphatic rings. The zero-order valence-electron chi connectivity index (χ0n) is 10.2. The van der Waals surface area contributed by atoms with Crippen molar-refractivity contribution in [3.63, 3.8) is 0 Å². The number of amides is 1. The minimum absolute atomic E-state index is 0.113. The van der Waals surface area contributed by atoms with Gasteiger partial charge in [-0.05, 0) is 35.9 Å². The van der Waals surface area contributed by atoms with Gasteiger partial charge in [-0.2, -0.15) is 5.10 Å². The van der Waals surface area contributed by atoms with Crippen LogP contribution < -0.4 is 5.43 Å². The molecule has 2 aromatic rings. The van der Waals surface area contributed by atoms with Crippen LogP contribution >= 0.6 is 0 Å². The molecule has 0 fully saturated rings. The van der Waals surface area contributed by atoms with Crippen LogP contribution in [0, 0.1) is 5.82 Å². The van der Waals surface area contributed by atoms with E-state index in [4.69, 9.17) is 5.11 Å². The highest BCUT2D eigenvalue weighted by molar-refractivity contribution is 5.95. The van der Waals surface area contributed by atoms with Gasteiger partial charge in [0.1, 0.15) is 5.82 Å². The molecule has 0 aromatic heterocycles. The van der Waals surface area contributed by atoms with Crippen molar-refractivity contribution in [2.45, 2.75) is 0 Å². The quantitative estimate of drug-likeness (QED) is 0.455. The second-order valence-corrected chi connectivity index (χ2v) is 3.93. The summed E-state index contributed by atoms with van der Waals surface area (Å²) in [5, 5.41) is 22.1. The zero-order chi connectivity index (χ0) is 14.5. The maximum atomic E-state index is 13.3. The molecular formula is C14H11FN2O3. The lowest BCUT2D eigenvalue weighted by Gasteiger charge is -2.01. The van der Waals surface area contributed by atoms with E-state index in [1.54, 1.807) is 6.07 Å². The molecule has 5 nitrogen and oxygen atoms in total. The van der Waals surface area contributed by atoms with Crippen LogP contribution in [-0.2, 0) is 0 Å². The first-order chi connectivity index (χ1) is 9.58. The number of carbonyl (C=O) groups is 1. The molecule has 0 heterocycles. The summed E-state index contributed by atoms with van der Waals surface area (Å²) in [5.41, 5.74) is 2.52. The molecule has 2 rings (SSSR count). The van der Waals surface area contributed by atoms with Gasteiger partial charge in [-0.3, -0.25) is 4.79 Å². The van der Waals surface area contributed by atoms with E-state index in [1.165, 1.54) is 42.6 Å². The lowest BCUT2D eigenvalue weighted by Crippen LogP contribution is -2.18. The predicted molar refractivity (Wildman–Crippen MR) is 71.2 cm³/mol. The minimum atomic E-state index is -0.678. The Kier molecular flexibility index (Phi) is 3.95. The van der Waals surface area contributed by atoms with Crippen molar-refractivity contribution in [1.29, 1.82) is 0 Å². The van der Waals surface area contributed by atoms with Crippen molar-refractivity contribution in [1.82, 2.24) is 5.43 Å². The fraction of sp³-hybridized carbons (Fsp3) is 0. The van der Waals surface area contributed by atoms with E-state index in [1.807, 2.05) is 0 Å². The Morgan fingerprint density at radius 2 is 1.90 bits per heavy atom. The zero-order valence-corrected chi connectivity index (χ0v) is 10.2. The fourth-order valence-corrected chi connectivity index (χ4v) is 1.49. The topological polar surface area (TPSA) is 81.9 Å². The van der Waals surface area contributed by atoms with Gasteiger partial charge < -0.3 is 10.2 Å². The Morgan fingerprint density at radius 1 is 1.15 bits per heavy atom. The number of carbonyl (C=O) groups excluding carboxylic acids is 1. The van der Waals surface area contributed by atoms with Gasteiger partial charge in [-0.25, -0.2) is 9.82 Å². The van der Waals surface area contributed by atoms with Gasteiger partial charge in [0.25, 0.3) is 5.91 Å². The van der Waals surface area contributed by atoms with E-state index in [-0.39, 0.29) is 17.1 Å². The number of rotatable bonds is 3. The maximum absolute atomic E-state index is 13.3. The van der Waals surface area contributed by atoms with Crippen molar-refractivity contribution >= 4 is 12.1 Å². The normalized spacial score (nSPS) is 10.7. The van der Waals surface area contributed by atoms with Crippen molar-refractivity contribution in [3.8, 4) is 11.5 Å². The predicted octanol–water partition coefficient (Wildman–Crippen LogP) is 2.00. The average Bonchev–Trinajstić information content (AvgIpc) is 2.43. The number of benzene rings is 2. The van der Waals surface area contributed by atoms with Gasteiger partial charge in [0.2, 0.25) is 0 Å². The van der Waals surface area contributed by atoms with Gasteiger partial charge in [0.15, 0.2) is 11.5 Å². The first-order valence-electron chi connectivity index (χ1n) is 5.68. The third kappa shape index (κ3) is 3.11. The van der Waals surface area contributed by atoms with Crippen LogP contribution in [0.4, 0.5) is 4.39 Å². The van der Waals surface area contributed by atoms with Gasteiger partial charge in [0, 0.05) is 0 Å². The van der Waals surface area contributed by atoms with Crippen molar-refractivity contribution < 1.29 is 19.4 Å². The average molecular weight is 274 g/mol. The molecule has 6 heteroatoms. The summed E-state index contributed by atoms with van der Waals surface area (Å²) < 4.78 is 13.3. The van der Waals surface area contributed by atoms with Gasteiger partial charge in [-0.15, -0.1) is 0 Å². The lowest BCUT2D eigenvalue weighted by atomic mass is 10.2. The summed E-state index contributed by atoms with van der Waals surface area (Å²) in [6.07, 6.45) is 1.26. The van der Waals surface area contributed by atoms with Crippen molar-refractivity contribution in [2.75, 3.05) is 0 Å². The van der Waals surface area contributed by atoms with E-state index in [2.05, 4.69) is 10.5 Å². The van der Waals surface area contributed by atoms with E-state index >= 15 is 0 Å². The summed E-state index contributed by atoms with van der Waals surface area (Å²) in [4.78, 5) is 11.6. The largest absolute Gasteiger partial charge is 0.504 e. The number of hydrazone groups is 1. The SMILES string of the molecule is O=C(N/N=C/c1ccc(O)c(O)c1)c1ccccc1F. The highest BCUT2D eigenvalue weighted by Crippen LogP contribution is 2.23. The van der Waals surface area contributed by atoms with Crippen LogP contribution in [0.5, 0.6) is 11.5 Å². The number of hydrogen-bond acceptors (Lipinski definition) is 4. The van der Waals surface area contributed by atoms with Gasteiger partial charge in [-0.1, -0.05) is 12.1 Å². The number of hydrogen-bond donors (Lipinski definition) is 3. The van der Waals surface area contributed by atoms with E-state index in [0.29, 0.717) is 5.56 Å². The van der Waals surface area contributed by atoms with Crippen molar-refractivity contribution in [2.24, 2.45) is 5.10 Å². The molecule has 0 atom stereocenters.